The second-order valence-corrected chi connectivity index (χ2v) is 6.61. The van der Waals surface area contributed by atoms with Gasteiger partial charge in [0.25, 0.3) is 11.8 Å². The highest BCUT2D eigenvalue weighted by atomic mass is 127. The molecule has 0 heterocycles. The van der Waals surface area contributed by atoms with E-state index in [9.17, 15) is 18.0 Å². The van der Waals surface area contributed by atoms with Gasteiger partial charge in [-0.25, -0.2) is 4.39 Å². The Balaban J connectivity index is 2.17. The fraction of sp³-hybridized carbons (Fsp3) is 0.133. The van der Waals surface area contributed by atoms with Crippen molar-refractivity contribution in [3.05, 3.63) is 67.0 Å². The number of amides is 1. The SMILES string of the molecule is O=C(NCC(F)(F)c1ccc(Cl)cc1Cl)c1c(F)cccc1I. The van der Waals surface area contributed by atoms with E-state index in [0.29, 0.717) is 3.57 Å². The minimum Gasteiger partial charge on any atom is -0.345 e. The summed E-state index contributed by atoms with van der Waals surface area (Å²) >= 11 is 13.2. The summed E-state index contributed by atoms with van der Waals surface area (Å²) in [7, 11) is 0. The van der Waals surface area contributed by atoms with Crippen LogP contribution in [-0.4, -0.2) is 12.5 Å². The Labute approximate surface area is 154 Å². The highest BCUT2D eigenvalue weighted by molar-refractivity contribution is 14.1. The standard InChI is InChI=1S/C15H9Cl2F3INO/c16-8-4-5-9(10(17)6-8)15(19,20)7-22-14(23)13-11(18)2-1-3-12(13)21/h1-6H,7H2,(H,22,23). The molecule has 23 heavy (non-hydrogen) atoms. The number of alkyl halides is 2. The fourth-order valence-corrected chi connectivity index (χ4v) is 3.13. The van der Waals surface area contributed by atoms with Gasteiger partial charge in [-0.15, -0.1) is 0 Å². The zero-order valence-electron chi connectivity index (χ0n) is 11.3. The molecular weight excluding hydrogens is 465 g/mol. The molecule has 2 aromatic rings. The Kier molecular flexibility index (Phi) is 5.80. The third-order valence-electron chi connectivity index (χ3n) is 2.99. The molecule has 0 aliphatic rings. The molecule has 1 N–H and O–H groups in total. The molecule has 0 aliphatic heterocycles. The zero-order valence-corrected chi connectivity index (χ0v) is 15.0. The van der Waals surface area contributed by atoms with Gasteiger partial charge in [-0.2, -0.15) is 8.78 Å². The van der Waals surface area contributed by atoms with Gasteiger partial charge in [0.05, 0.1) is 17.1 Å². The van der Waals surface area contributed by atoms with Crippen molar-refractivity contribution in [1.82, 2.24) is 5.32 Å². The molecule has 0 aromatic heterocycles. The molecule has 0 fully saturated rings. The fourth-order valence-electron chi connectivity index (χ4n) is 1.88. The van der Waals surface area contributed by atoms with E-state index in [1.165, 1.54) is 24.3 Å². The number of carbonyl (C=O) groups is 1. The maximum absolute atomic E-state index is 14.2. The normalized spacial score (nSPS) is 11.4. The van der Waals surface area contributed by atoms with Crippen molar-refractivity contribution in [2.45, 2.75) is 5.92 Å². The summed E-state index contributed by atoms with van der Waals surface area (Å²) in [5.74, 6) is -5.12. The second kappa shape index (κ2) is 7.27. The molecule has 2 aromatic carbocycles. The second-order valence-electron chi connectivity index (χ2n) is 4.61. The van der Waals surface area contributed by atoms with Gasteiger partial charge in [0, 0.05) is 14.2 Å². The van der Waals surface area contributed by atoms with Crippen molar-refractivity contribution in [1.29, 1.82) is 0 Å². The summed E-state index contributed by atoms with van der Waals surface area (Å²) in [6.07, 6.45) is 0. The van der Waals surface area contributed by atoms with Crippen LogP contribution in [0.15, 0.2) is 36.4 Å². The van der Waals surface area contributed by atoms with Gasteiger partial charge < -0.3 is 5.32 Å². The van der Waals surface area contributed by atoms with Crippen LogP contribution in [0.4, 0.5) is 13.2 Å². The van der Waals surface area contributed by atoms with E-state index in [2.05, 4.69) is 0 Å². The van der Waals surface area contributed by atoms with E-state index in [1.807, 2.05) is 5.32 Å². The third-order valence-corrected chi connectivity index (χ3v) is 4.43. The Morgan fingerprint density at radius 3 is 2.52 bits per heavy atom. The summed E-state index contributed by atoms with van der Waals surface area (Å²) in [5, 5.41) is 2.05. The molecule has 0 spiro atoms. The molecule has 1 amide bonds. The monoisotopic (exact) mass is 473 g/mol. The van der Waals surface area contributed by atoms with E-state index in [4.69, 9.17) is 23.2 Å². The Bertz CT molecular complexity index is 735. The van der Waals surface area contributed by atoms with Crippen molar-refractivity contribution in [3.63, 3.8) is 0 Å². The molecule has 0 saturated heterocycles. The van der Waals surface area contributed by atoms with E-state index in [-0.39, 0.29) is 15.6 Å². The first-order chi connectivity index (χ1) is 10.7. The van der Waals surface area contributed by atoms with Crippen LogP contribution in [0, 0.1) is 9.39 Å². The van der Waals surface area contributed by atoms with Crippen LogP contribution in [0.25, 0.3) is 0 Å². The van der Waals surface area contributed by atoms with Crippen molar-refractivity contribution >= 4 is 51.7 Å². The lowest BCUT2D eigenvalue weighted by molar-refractivity contribution is -0.00241. The first kappa shape index (κ1) is 18.4. The topological polar surface area (TPSA) is 29.1 Å². The van der Waals surface area contributed by atoms with E-state index in [0.717, 1.165) is 12.1 Å². The molecule has 0 saturated carbocycles. The lowest BCUT2D eigenvalue weighted by Gasteiger charge is -2.19. The maximum Gasteiger partial charge on any atom is 0.291 e. The summed E-state index contributed by atoms with van der Waals surface area (Å²) < 4.78 is 42.4. The molecule has 0 unspecified atom stereocenters. The van der Waals surface area contributed by atoms with Gasteiger partial charge in [0.2, 0.25) is 0 Å². The molecule has 122 valence electrons. The molecule has 0 bridgehead atoms. The van der Waals surface area contributed by atoms with Crippen LogP contribution in [-0.2, 0) is 5.92 Å². The number of halogens is 6. The van der Waals surface area contributed by atoms with Crippen LogP contribution in [0.1, 0.15) is 15.9 Å². The molecule has 8 heteroatoms. The highest BCUT2D eigenvalue weighted by Crippen LogP contribution is 2.34. The van der Waals surface area contributed by atoms with Gasteiger partial charge >= 0.3 is 0 Å². The number of nitrogens with one attached hydrogen (secondary N) is 1. The lowest BCUT2D eigenvalue weighted by atomic mass is 10.1. The molecule has 0 aliphatic carbocycles. The highest BCUT2D eigenvalue weighted by Gasteiger charge is 2.34. The van der Waals surface area contributed by atoms with Crippen LogP contribution >= 0.6 is 45.8 Å². The molecular formula is C15H9Cl2F3INO. The van der Waals surface area contributed by atoms with Crippen molar-refractivity contribution < 1.29 is 18.0 Å². The smallest absolute Gasteiger partial charge is 0.291 e. The van der Waals surface area contributed by atoms with Gasteiger partial charge in [-0.3, -0.25) is 4.79 Å². The third kappa shape index (κ3) is 4.30. The minimum atomic E-state index is -3.42. The van der Waals surface area contributed by atoms with Gasteiger partial charge in [-0.1, -0.05) is 29.3 Å². The van der Waals surface area contributed by atoms with Gasteiger partial charge in [0.15, 0.2) is 0 Å². The van der Waals surface area contributed by atoms with Crippen molar-refractivity contribution in [3.8, 4) is 0 Å². The predicted molar refractivity (Wildman–Crippen MR) is 91.8 cm³/mol. The Morgan fingerprint density at radius 2 is 1.91 bits per heavy atom. The number of carbonyl (C=O) groups excluding carboxylic acids is 1. The van der Waals surface area contributed by atoms with E-state index in [1.54, 1.807) is 22.6 Å². The lowest BCUT2D eigenvalue weighted by Crippen LogP contribution is -2.36. The summed E-state index contributed by atoms with van der Waals surface area (Å²) in [6, 6.07) is 7.57. The average molecular weight is 474 g/mol. The first-order valence-corrected chi connectivity index (χ1v) is 8.11. The molecule has 0 radical (unpaired) electrons. The average Bonchev–Trinajstić information content (AvgIpc) is 2.44. The van der Waals surface area contributed by atoms with Crippen LogP contribution in [0.2, 0.25) is 10.0 Å². The largest absolute Gasteiger partial charge is 0.345 e. The van der Waals surface area contributed by atoms with Gasteiger partial charge in [0.1, 0.15) is 5.82 Å². The summed E-state index contributed by atoms with van der Waals surface area (Å²) in [5.41, 5.74) is -0.738. The number of hydrogen-bond donors (Lipinski definition) is 1. The van der Waals surface area contributed by atoms with Crippen molar-refractivity contribution in [2.24, 2.45) is 0 Å². The minimum absolute atomic E-state index is 0.211. The Hall–Kier alpha value is -0.990. The first-order valence-electron chi connectivity index (χ1n) is 6.28. The predicted octanol–water partition coefficient (Wildman–Crippen LogP) is 5.26. The van der Waals surface area contributed by atoms with Crippen LogP contribution in [0.3, 0.4) is 0 Å². The quantitative estimate of drug-likeness (QED) is 0.603. The van der Waals surface area contributed by atoms with Crippen LogP contribution < -0.4 is 5.32 Å². The van der Waals surface area contributed by atoms with Gasteiger partial charge in [-0.05, 0) is 52.9 Å². The summed E-state index contributed by atoms with van der Waals surface area (Å²) in [4.78, 5) is 12.0. The van der Waals surface area contributed by atoms with Crippen molar-refractivity contribution in [2.75, 3.05) is 6.54 Å². The summed E-state index contributed by atoms with van der Waals surface area (Å²) in [6.45, 7) is -1.02. The van der Waals surface area contributed by atoms with E-state index >= 15 is 0 Å². The molecule has 2 rings (SSSR count). The Morgan fingerprint density at radius 1 is 1.22 bits per heavy atom. The molecule has 2 nitrogen and oxygen atoms in total. The number of hydrogen-bond acceptors (Lipinski definition) is 1. The van der Waals surface area contributed by atoms with E-state index < -0.39 is 29.8 Å². The molecule has 0 atom stereocenters. The maximum atomic E-state index is 14.2. The number of rotatable bonds is 4. The van der Waals surface area contributed by atoms with Crippen LogP contribution in [0.5, 0.6) is 0 Å². The zero-order chi connectivity index (χ0) is 17.2. The number of benzene rings is 2.